The minimum atomic E-state index is 0.869. The van der Waals surface area contributed by atoms with E-state index in [9.17, 15) is 0 Å². The van der Waals surface area contributed by atoms with Gasteiger partial charge < -0.3 is 9.32 Å². The molecule has 2 nitrogen and oxygen atoms in total. The van der Waals surface area contributed by atoms with Crippen molar-refractivity contribution >= 4 is 81.3 Å². The van der Waals surface area contributed by atoms with Crippen LogP contribution in [0.1, 0.15) is 0 Å². The van der Waals surface area contributed by atoms with Gasteiger partial charge in [-0.3, -0.25) is 0 Å². The number of hydrogen-bond acceptors (Lipinski definition) is 3. The Morgan fingerprint density at radius 1 is 0.345 bits per heavy atom. The molecule has 0 aliphatic heterocycles. The summed E-state index contributed by atoms with van der Waals surface area (Å²) in [4.78, 5) is 2.38. The third-order valence-corrected chi connectivity index (χ3v) is 12.0. The van der Waals surface area contributed by atoms with Crippen LogP contribution in [0.25, 0.3) is 86.3 Å². The fourth-order valence-electron chi connectivity index (χ4n) is 8.23. The van der Waals surface area contributed by atoms with Crippen molar-refractivity contribution < 1.29 is 4.42 Å². The fraction of sp³-hybridized carbons (Fsp3) is 0. The van der Waals surface area contributed by atoms with E-state index in [2.05, 4.69) is 193 Å². The highest BCUT2D eigenvalue weighted by molar-refractivity contribution is 7.25. The lowest BCUT2D eigenvalue weighted by Gasteiger charge is -2.28. The smallest absolute Gasteiger partial charge is 0.137 e. The number of rotatable bonds is 6. The minimum Gasteiger partial charge on any atom is -0.456 e. The Labute approximate surface area is 322 Å². The third kappa shape index (κ3) is 5.40. The molecule has 0 aliphatic rings. The molecule has 9 aromatic carbocycles. The van der Waals surface area contributed by atoms with Crippen molar-refractivity contribution in [2.24, 2.45) is 0 Å². The van der Waals surface area contributed by atoms with Crippen LogP contribution in [0.5, 0.6) is 0 Å². The molecule has 0 spiro atoms. The van der Waals surface area contributed by atoms with Gasteiger partial charge in [0.05, 0.1) is 5.69 Å². The standard InChI is InChI=1S/C52H33NOS/c1-2-15-41-35(11-1)12-10-19-42(41)36-25-23-34(24-26-36)37-13-9-14-39(31-37)53(40-28-30-45-44-17-4-7-21-49(44)54-50(45)33-40)48-20-6-3-16-43(48)38-27-29-47-46-18-5-8-22-51(46)55-52(47)32-38/h1-33H. The summed E-state index contributed by atoms with van der Waals surface area (Å²) in [5.74, 6) is 0. The zero-order valence-electron chi connectivity index (χ0n) is 29.8. The number of para-hydroxylation sites is 2. The van der Waals surface area contributed by atoms with Crippen LogP contribution in [0.2, 0.25) is 0 Å². The van der Waals surface area contributed by atoms with Gasteiger partial charge in [-0.15, -0.1) is 11.3 Å². The van der Waals surface area contributed by atoms with Gasteiger partial charge in [0.1, 0.15) is 11.2 Å². The molecule has 0 atom stereocenters. The summed E-state index contributed by atoms with van der Waals surface area (Å²) in [6.45, 7) is 0. The summed E-state index contributed by atoms with van der Waals surface area (Å²) in [6.07, 6.45) is 0. The first-order valence-corrected chi connectivity index (χ1v) is 19.5. The molecule has 0 radical (unpaired) electrons. The Morgan fingerprint density at radius 2 is 0.982 bits per heavy atom. The lowest BCUT2D eigenvalue weighted by molar-refractivity contribution is 0.669. The minimum absolute atomic E-state index is 0.869. The largest absolute Gasteiger partial charge is 0.456 e. The van der Waals surface area contributed by atoms with Crippen LogP contribution in [-0.4, -0.2) is 0 Å². The molecule has 2 heterocycles. The van der Waals surface area contributed by atoms with Gasteiger partial charge in [-0.1, -0.05) is 146 Å². The van der Waals surface area contributed by atoms with E-state index < -0.39 is 0 Å². The Morgan fingerprint density at radius 3 is 1.91 bits per heavy atom. The molecule has 0 bridgehead atoms. The quantitative estimate of drug-likeness (QED) is 0.170. The number of hydrogen-bond donors (Lipinski definition) is 0. The summed E-state index contributed by atoms with van der Waals surface area (Å²) in [7, 11) is 0. The molecule has 11 rings (SSSR count). The zero-order valence-corrected chi connectivity index (χ0v) is 30.6. The Bertz CT molecular complexity index is 3220. The molecule has 11 aromatic rings. The average Bonchev–Trinajstić information content (AvgIpc) is 3.82. The van der Waals surface area contributed by atoms with E-state index in [1.807, 2.05) is 23.5 Å². The van der Waals surface area contributed by atoms with Crippen molar-refractivity contribution in [3.63, 3.8) is 0 Å². The van der Waals surface area contributed by atoms with E-state index in [0.717, 1.165) is 50.1 Å². The number of furan rings is 1. The zero-order chi connectivity index (χ0) is 36.3. The average molecular weight is 720 g/mol. The first kappa shape index (κ1) is 31.6. The van der Waals surface area contributed by atoms with E-state index in [0.29, 0.717) is 0 Å². The van der Waals surface area contributed by atoms with Crippen LogP contribution in [0.15, 0.2) is 205 Å². The molecule has 0 amide bonds. The fourth-order valence-corrected chi connectivity index (χ4v) is 9.38. The van der Waals surface area contributed by atoms with Crippen molar-refractivity contribution in [2.75, 3.05) is 4.90 Å². The van der Waals surface area contributed by atoms with Gasteiger partial charge in [0.25, 0.3) is 0 Å². The topological polar surface area (TPSA) is 16.4 Å². The van der Waals surface area contributed by atoms with Gasteiger partial charge in [-0.2, -0.15) is 0 Å². The SMILES string of the molecule is c1cc(-c2ccc(-c3cccc4ccccc34)cc2)cc(N(c2ccc3c(c2)oc2ccccc23)c2ccccc2-c2ccc3c(c2)sc2ccccc23)c1. The lowest BCUT2D eigenvalue weighted by atomic mass is 9.96. The van der Waals surface area contributed by atoms with E-state index in [-0.39, 0.29) is 0 Å². The van der Waals surface area contributed by atoms with Crippen molar-refractivity contribution in [2.45, 2.75) is 0 Å². The number of benzene rings is 9. The molecular formula is C52H33NOS. The molecule has 0 saturated carbocycles. The summed E-state index contributed by atoms with van der Waals surface area (Å²) < 4.78 is 9.05. The maximum Gasteiger partial charge on any atom is 0.137 e. The van der Waals surface area contributed by atoms with E-state index in [1.54, 1.807) is 0 Å². The Balaban J connectivity index is 1.05. The molecule has 0 unspecified atom stereocenters. The van der Waals surface area contributed by atoms with Crippen molar-refractivity contribution in [1.82, 2.24) is 0 Å². The second kappa shape index (κ2) is 12.9. The van der Waals surface area contributed by atoms with E-state index in [4.69, 9.17) is 4.42 Å². The number of anilines is 3. The van der Waals surface area contributed by atoms with Gasteiger partial charge in [0.15, 0.2) is 0 Å². The second-order valence-electron chi connectivity index (χ2n) is 14.1. The van der Waals surface area contributed by atoms with Gasteiger partial charge >= 0.3 is 0 Å². The van der Waals surface area contributed by atoms with E-state index in [1.165, 1.54) is 53.2 Å². The summed E-state index contributed by atoms with van der Waals surface area (Å²) >= 11 is 1.85. The second-order valence-corrected chi connectivity index (χ2v) is 15.2. The molecule has 0 N–H and O–H groups in total. The molecule has 55 heavy (non-hydrogen) atoms. The predicted molar refractivity (Wildman–Crippen MR) is 235 cm³/mol. The summed E-state index contributed by atoms with van der Waals surface area (Å²) in [5, 5.41) is 7.37. The molecular weight excluding hydrogens is 687 g/mol. The molecule has 2 aromatic heterocycles. The van der Waals surface area contributed by atoms with Crippen LogP contribution in [-0.2, 0) is 0 Å². The van der Waals surface area contributed by atoms with Gasteiger partial charge in [-0.05, 0) is 87.1 Å². The summed E-state index contributed by atoms with van der Waals surface area (Å²) in [5.41, 5.74) is 12.1. The Kier molecular flexibility index (Phi) is 7.39. The highest BCUT2D eigenvalue weighted by atomic mass is 32.1. The maximum atomic E-state index is 6.45. The van der Waals surface area contributed by atoms with Crippen LogP contribution in [0, 0.1) is 0 Å². The van der Waals surface area contributed by atoms with Gasteiger partial charge in [0.2, 0.25) is 0 Å². The highest BCUT2D eigenvalue weighted by Crippen LogP contribution is 2.45. The molecule has 0 fully saturated rings. The molecule has 258 valence electrons. The highest BCUT2D eigenvalue weighted by Gasteiger charge is 2.20. The first-order chi connectivity index (χ1) is 27.2. The van der Waals surface area contributed by atoms with E-state index >= 15 is 0 Å². The normalized spacial score (nSPS) is 11.6. The predicted octanol–water partition coefficient (Wildman–Crippen LogP) is 15.6. The van der Waals surface area contributed by atoms with Crippen molar-refractivity contribution in [3.8, 4) is 33.4 Å². The third-order valence-electron chi connectivity index (χ3n) is 10.9. The van der Waals surface area contributed by atoms with Crippen LogP contribution >= 0.6 is 11.3 Å². The van der Waals surface area contributed by atoms with Gasteiger partial charge in [0, 0.05) is 53.9 Å². The van der Waals surface area contributed by atoms with Gasteiger partial charge in [-0.25, -0.2) is 0 Å². The lowest BCUT2D eigenvalue weighted by Crippen LogP contribution is -2.11. The number of thiophene rings is 1. The van der Waals surface area contributed by atoms with Crippen molar-refractivity contribution in [1.29, 1.82) is 0 Å². The first-order valence-electron chi connectivity index (χ1n) is 18.7. The molecule has 0 aliphatic carbocycles. The summed E-state index contributed by atoms with van der Waals surface area (Å²) in [6, 6.07) is 72.3. The van der Waals surface area contributed by atoms with Crippen LogP contribution in [0.3, 0.4) is 0 Å². The monoisotopic (exact) mass is 719 g/mol. The number of nitrogens with zero attached hydrogens (tertiary/aromatic N) is 1. The Hall–Kier alpha value is -6.94. The molecule has 0 saturated heterocycles. The number of fused-ring (bicyclic) bond motifs is 7. The van der Waals surface area contributed by atoms with Crippen LogP contribution in [0.4, 0.5) is 17.1 Å². The molecule has 3 heteroatoms. The van der Waals surface area contributed by atoms with Crippen molar-refractivity contribution in [3.05, 3.63) is 200 Å². The van der Waals surface area contributed by atoms with Crippen LogP contribution < -0.4 is 4.90 Å². The maximum absolute atomic E-state index is 6.45.